The normalized spacial score (nSPS) is 17.6. The van der Waals surface area contributed by atoms with Crippen molar-refractivity contribution >= 4 is 17.6 Å². The fraction of sp³-hybridized carbons (Fsp3) is 0.286. The van der Waals surface area contributed by atoms with E-state index in [9.17, 15) is 0 Å². The van der Waals surface area contributed by atoms with E-state index in [1.165, 1.54) is 5.56 Å². The Kier molecular flexibility index (Phi) is 3.55. The Labute approximate surface area is 116 Å². The number of nitrogen functional groups attached to an aromatic ring is 1. The van der Waals surface area contributed by atoms with Gasteiger partial charge in [-0.15, -0.1) is 11.8 Å². The maximum Gasteiger partial charge on any atom is 0.156 e. The second-order valence-corrected chi connectivity index (χ2v) is 5.44. The van der Waals surface area contributed by atoms with E-state index in [-0.39, 0.29) is 0 Å². The summed E-state index contributed by atoms with van der Waals surface area (Å²) in [4.78, 5) is 8.32. The van der Waals surface area contributed by atoms with Gasteiger partial charge in [0.1, 0.15) is 10.8 Å². The van der Waals surface area contributed by atoms with Gasteiger partial charge in [-0.1, -0.05) is 18.2 Å². The van der Waals surface area contributed by atoms with E-state index >= 15 is 0 Å². The molecule has 1 aromatic heterocycles. The number of ether oxygens (including phenoxy) is 1. The van der Waals surface area contributed by atoms with Crippen LogP contribution in [-0.2, 0) is 0 Å². The number of fused-ring (bicyclic) bond motifs is 1. The average Bonchev–Trinajstić information content (AvgIpc) is 2.46. The van der Waals surface area contributed by atoms with Gasteiger partial charge in [-0.3, -0.25) is 0 Å². The van der Waals surface area contributed by atoms with Gasteiger partial charge in [0.2, 0.25) is 0 Å². The lowest BCUT2D eigenvalue weighted by atomic mass is 9.95. The van der Waals surface area contributed by atoms with Gasteiger partial charge in [0.25, 0.3) is 0 Å². The first kappa shape index (κ1) is 12.3. The molecule has 0 bridgehead atoms. The predicted molar refractivity (Wildman–Crippen MR) is 76.5 cm³/mol. The van der Waals surface area contributed by atoms with Crippen molar-refractivity contribution in [2.24, 2.45) is 0 Å². The van der Waals surface area contributed by atoms with E-state index in [0.717, 1.165) is 29.6 Å². The molecule has 1 unspecified atom stereocenters. The topological polar surface area (TPSA) is 61.0 Å². The molecule has 19 heavy (non-hydrogen) atoms. The zero-order valence-corrected chi connectivity index (χ0v) is 11.3. The third-order valence-electron chi connectivity index (χ3n) is 3.20. The van der Waals surface area contributed by atoms with Crippen LogP contribution < -0.4 is 10.5 Å². The van der Waals surface area contributed by atoms with E-state index in [1.807, 2.05) is 12.1 Å². The lowest BCUT2D eigenvalue weighted by Gasteiger charge is -2.25. The van der Waals surface area contributed by atoms with Gasteiger partial charge in [0.15, 0.2) is 5.82 Å². The van der Waals surface area contributed by atoms with Crippen LogP contribution in [0.2, 0.25) is 0 Å². The van der Waals surface area contributed by atoms with Gasteiger partial charge in [-0.2, -0.15) is 0 Å². The van der Waals surface area contributed by atoms with Crippen LogP contribution in [-0.4, -0.2) is 22.3 Å². The highest BCUT2D eigenvalue weighted by Crippen LogP contribution is 2.37. The summed E-state index contributed by atoms with van der Waals surface area (Å²) in [7, 11) is 0. The summed E-state index contributed by atoms with van der Waals surface area (Å²) in [6.45, 7) is 0.776. The molecule has 1 atom stereocenters. The van der Waals surface area contributed by atoms with Crippen LogP contribution in [0.25, 0.3) is 0 Å². The van der Waals surface area contributed by atoms with Crippen molar-refractivity contribution in [3.05, 3.63) is 42.2 Å². The molecule has 2 heterocycles. The Bertz CT molecular complexity index is 576. The van der Waals surface area contributed by atoms with Gasteiger partial charge in [0, 0.05) is 24.1 Å². The number of benzene rings is 1. The van der Waals surface area contributed by atoms with Crippen molar-refractivity contribution in [3.8, 4) is 5.75 Å². The van der Waals surface area contributed by atoms with Crippen LogP contribution in [0.5, 0.6) is 5.75 Å². The first-order chi connectivity index (χ1) is 9.34. The molecule has 0 spiro atoms. The van der Waals surface area contributed by atoms with Gasteiger partial charge >= 0.3 is 0 Å². The number of hydrogen-bond acceptors (Lipinski definition) is 5. The molecule has 4 nitrogen and oxygen atoms in total. The number of para-hydroxylation sites is 1. The number of nitrogens with zero attached hydrogens (tertiary/aromatic N) is 2. The Hall–Kier alpha value is -1.75. The van der Waals surface area contributed by atoms with Gasteiger partial charge in [0.05, 0.1) is 6.61 Å². The van der Waals surface area contributed by atoms with Gasteiger partial charge in [-0.05, 0) is 18.1 Å². The molecule has 0 amide bonds. The third-order valence-corrected chi connectivity index (χ3v) is 4.35. The van der Waals surface area contributed by atoms with Crippen molar-refractivity contribution in [2.75, 3.05) is 18.1 Å². The number of aromatic nitrogens is 2. The van der Waals surface area contributed by atoms with E-state index < -0.39 is 0 Å². The highest BCUT2D eigenvalue weighted by molar-refractivity contribution is 7.99. The molecule has 1 aliphatic heterocycles. The van der Waals surface area contributed by atoms with Crippen LogP contribution >= 0.6 is 11.8 Å². The number of anilines is 1. The summed E-state index contributed by atoms with van der Waals surface area (Å²) in [5.74, 6) is 2.94. The number of rotatable bonds is 3. The smallest absolute Gasteiger partial charge is 0.156 e. The van der Waals surface area contributed by atoms with Crippen molar-refractivity contribution in [2.45, 2.75) is 17.4 Å². The Morgan fingerprint density at radius 2 is 2.11 bits per heavy atom. The summed E-state index contributed by atoms with van der Waals surface area (Å²) in [6, 6.07) is 8.24. The molecule has 0 radical (unpaired) electrons. The molecule has 3 rings (SSSR count). The highest BCUT2D eigenvalue weighted by atomic mass is 32.2. The van der Waals surface area contributed by atoms with Crippen molar-refractivity contribution in [3.63, 3.8) is 0 Å². The zero-order chi connectivity index (χ0) is 13.1. The molecule has 98 valence electrons. The molecule has 1 aromatic carbocycles. The summed E-state index contributed by atoms with van der Waals surface area (Å²) in [5, 5.41) is 0.812. The highest BCUT2D eigenvalue weighted by Gasteiger charge is 2.21. The Morgan fingerprint density at radius 3 is 3.00 bits per heavy atom. The standard InChI is InChI=1S/C14H15N3OS/c15-13-14(17-7-6-16-13)19-9-10-5-8-18-12-4-2-1-3-11(10)12/h1-4,6-7,10H,5,8-9H2,(H2,15,16). The summed E-state index contributed by atoms with van der Waals surface area (Å²) >= 11 is 1.66. The van der Waals surface area contributed by atoms with Gasteiger partial charge < -0.3 is 10.5 Å². The quantitative estimate of drug-likeness (QED) is 0.871. The fourth-order valence-electron chi connectivity index (χ4n) is 2.22. The van der Waals surface area contributed by atoms with Crippen LogP contribution in [0, 0.1) is 0 Å². The number of nitrogens with two attached hydrogens (primary N) is 1. The van der Waals surface area contributed by atoms with E-state index in [1.54, 1.807) is 24.2 Å². The summed E-state index contributed by atoms with van der Waals surface area (Å²) in [6.07, 6.45) is 4.32. The molecular weight excluding hydrogens is 258 g/mol. The minimum absolute atomic E-state index is 0.483. The fourth-order valence-corrected chi connectivity index (χ4v) is 3.26. The average molecular weight is 273 g/mol. The van der Waals surface area contributed by atoms with Crippen LogP contribution in [0.1, 0.15) is 17.9 Å². The molecule has 0 fully saturated rings. The maximum atomic E-state index is 5.81. The monoisotopic (exact) mass is 273 g/mol. The Morgan fingerprint density at radius 1 is 1.26 bits per heavy atom. The molecule has 0 saturated heterocycles. The van der Waals surface area contributed by atoms with Crippen LogP contribution in [0.4, 0.5) is 5.82 Å². The van der Waals surface area contributed by atoms with E-state index in [4.69, 9.17) is 10.5 Å². The first-order valence-electron chi connectivity index (χ1n) is 6.25. The number of hydrogen-bond donors (Lipinski definition) is 1. The summed E-state index contributed by atoms with van der Waals surface area (Å²) < 4.78 is 5.67. The van der Waals surface area contributed by atoms with Crippen molar-refractivity contribution in [1.82, 2.24) is 9.97 Å². The molecular formula is C14H15N3OS. The maximum absolute atomic E-state index is 5.81. The Balaban J connectivity index is 1.73. The van der Waals surface area contributed by atoms with E-state index in [2.05, 4.69) is 22.1 Å². The van der Waals surface area contributed by atoms with Crippen molar-refractivity contribution in [1.29, 1.82) is 0 Å². The predicted octanol–water partition coefficient (Wildman–Crippen LogP) is 2.72. The molecule has 5 heteroatoms. The minimum Gasteiger partial charge on any atom is -0.493 e. The lowest BCUT2D eigenvalue weighted by molar-refractivity contribution is 0.273. The number of thioether (sulfide) groups is 1. The second kappa shape index (κ2) is 5.48. The zero-order valence-electron chi connectivity index (χ0n) is 10.5. The molecule has 0 saturated carbocycles. The lowest BCUT2D eigenvalue weighted by Crippen LogP contribution is -2.15. The van der Waals surface area contributed by atoms with E-state index in [0.29, 0.717) is 11.7 Å². The molecule has 2 N–H and O–H groups in total. The SMILES string of the molecule is Nc1nccnc1SCC1CCOc2ccccc21. The molecule has 0 aliphatic carbocycles. The molecule has 1 aliphatic rings. The van der Waals surface area contributed by atoms with Gasteiger partial charge in [-0.25, -0.2) is 9.97 Å². The molecule has 2 aromatic rings. The second-order valence-electron chi connectivity index (χ2n) is 4.43. The summed E-state index contributed by atoms with van der Waals surface area (Å²) in [5.41, 5.74) is 7.09. The minimum atomic E-state index is 0.483. The third kappa shape index (κ3) is 2.66. The largest absolute Gasteiger partial charge is 0.493 e. The van der Waals surface area contributed by atoms with Crippen LogP contribution in [0.15, 0.2) is 41.7 Å². The van der Waals surface area contributed by atoms with Crippen LogP contribution in [0.3, 0.4) is 0 Å². The van der Waals surface area contributed by atoms with Crippen molar-refractivity contribution < 1.29 is 4.74 Å². The first-order valence-corrected chi connectivity index (χ1v) is 7.24.